The molecule has 2 N–H and O–H groups in total. The van der Waals surface area contributed by atoms with E-state index in [4.69, 9.17) is 4.74 Å². The monoisotopic (exact) mass is 314 g/mol. The second-order valence-corrected chi connectivity index (χ2v) is 7.63. The molecular formula is C19H26N2O2. The molecule has 0 radical (unpaired) electrons. The van der Waals surface area contributed by atoms with Gasteiger partial charge in [0, 0.05) is 17.9 Å². The Morgan fingerprint density at radius 2 is 2.00 bits per heavy atom. The first-order chi connectivity index (χ1) is 10.9. The third kappa shape index (κ3) is 4.27. The largest absolute Gasteiger partial charge is 0.444 e. The van der Waals surface area contributed by atoms with Crippen LogP contribution in [-0.4, -0.2) is 18.2 Å². The number of rotatable bonds is 4. The molecule has 3 rings (SSSR count). The van der Waals surface area contributed by atoms with Crippen LogP contribution in [0, 0.1) is 17.8 Å². The predicted molar refractivity (Wildman–Crippen MR) is 93.6 cm³/mol. The van der Waals surface area contributed by atoms with Crippen molar-refractivity contribution in [2.24, 2.45) is 17.8 Å². The van der Waals surface area contributed by atoms with Gasteiger partial charge in [0.25, 0.3) is 0 Å². The predicted octanol–water partition coefficient (Wildman–Crippen LogP) is 4.66. The van der Waals surface area contributed by atoms with Gasteiger partial charge in [-0.2, -0.15) is 0 Å². The zero-order valence-electron chi connectivity index (χ0n) is 14.1. The first kappa shape index (κ1) is 15.9. The van der Waals surface area contributed by atoms with E-state index in [2.05, 4.69) is 22.8 Å². The van der Waals surface area contributed by atoms with Gasteiger partial charge in [0.05, 0.1) is 0 Å². The topological polar surface area (TPSA) is 50.4 Å². The summed E-state index contributed by atoms with van der Waals surface area (Å²) in [5.74, 6) is 2.27. The molecule has 0 saturated heterocycles. The van der Waals surface area contributed by atoms with E-state index in [-0.39, 0.29) is 0 Å². The summed E-state index contributed by atoms with van der Waals surface area (Å²) >= 11 is 0. The van der Waals surface area contributed by atoms with Gasteiger partial charge in [-0.05, 0) is 69.6 Å². The summed E-state index contributed by atoms with van der Waals surface area (Å²) in [6.45, 7) is 6.55. The zero-order chi connectivity index (χ0) is 16.4. The number of amides is 1. The lowest BCUT2D eigenvalue weighted by atomic mass is 9.93. The van der Waals surface area contributed by atoms with Crippen molar-refractivity contribution in [1.29, 1.82) is 0 Å². The van der Waals surface area contributed by atoms with Crippen molar-refractivity contribution < 1.29 is 9.53 Å². The maximum absolute atomic E-state index is 11.8. The number of anilines is 2. The van der Waals surface area contributed by atoms with Crippen molar-refractivity contribution in [1.82, 2.24) is 0 Å². The molecule has 23 heavy (non-hydrogen) atoms. The van der Waals surface area contributed by atoms with Crippen LogP contribution in [0.2, 0.25) is 0 Å². The number of hydrogen-bond acceptors (Lipinski definition) is 3. The van der Waals surface area contributed by atoms with Crippen molar-refractivity contribution in [3.05, 3.63) is 36.4 Å². The van der Waals surface area contributed by atoms with Crippen molar-refractivity contribution in [3.8, 4) is 0 Å². The highest BCUT2D eigenvalue weighted by molar-refractivity contribution is 5.85. The number of allylic oxidation sites excluding steroid dienone is 2. The summed E-state index contributed by atoms with van der Waals surface area (Å²) in [4.78, 5) is 11.8. The van der Waals surface area contributed by atoms with E-state index < -0.39 is 11.7 Å². The van der Waals surface area contributed by atoms with Gasteiger partial charge in [-0.25, -0.2) is 4.79 Å². The molecule has 4 nitrogen and oxygen atoms in total. The van der Waals surface area contributed by atoms with Crippen molar-refractivity contribution in [3.63, 3.8) is 0 Å². The summed E-state index contributed by atoms with van der Waals surface area (Å²) in [7, 11) is 0. The van der Waals surface area contributed by atoms with Gasteiger partial charge >= 0.3 is 6.09 Å². The van der Waals surface area contributed by atoms with Gasteiger partial charge in [-0.15, -0.1) is 0 Å². The maximum Gasteiger partial charge on any atom is 0.412 e. The van der Waals surface area contributed by atoms with Crippen molar-refractivity contribution in [2.45, 2.75) is 39.2 Å². The molecule has 2 aliphatic carbocycles. The molecule has 1 aromatic rings. The Hall–Kier alpha value is -1.97. The fourth-order valence-electron chi connectivity index (χ4n) is 3.51. The lowest BCUT2D eigenvalue weighted by Gasteiger charge is -2.20. The van der Waals surface area contributed by atoms with Crippen LogP contribution in [0.3, 0.4) is 0 Å². The number of nitrogens with one attached hydrogen (secondary N) is 2. The highest BCUT2D eigenvalue weighted by Crippen LogP contribution is 2.43. The summed E-state index contributed by atoms with van der Waals surface area (Å²) in [6.07, 6.45) is 6.94. The van der Waals surface area contributed by atoms with Gasteiger partial charge in [-0.3, -0.25) is 5.32 Å². The Morgan fingerprint density at radius 3 is 2.65 bits per heavy atom. The molecule has 0 aromatic heterocycles. The Morgan fingerprint density at radius 1 is 1.22 bits per heavy atom. The molecule has 1 saturated carbocycles. The SMILES string of the molecule is CC(C)(C)OC(=O)Nc1cccc(NCC2CC3C=CC2C3)c1. The van der Waals surface area contributed by atoms with Crippen molar-refractivity contribution in [2.75, 3.05) is 17.2 Å². The summed E-state index contributed by atoms with van der Waals surface area (Å²) in [5.41, 5.74) is 1.29. The number of benzene rings is 1. The molecule has 0 heterocycles. The molecule has 4 heteroatoms. The van der Waals surface area contributed by atoms with E-state index in [0.29, 0.717) is 0 Å². The molecule has 3 atom stereocenters. The average Bonchev–Trinajstić information content (AvgIpc) is 3.06. The standard InChI is InChI=1S/C19H26N2O2/c1-19(2,3)23-18(22)21-17-6-4-5-16(11-17)20-12-15-10-13-7-8-14(15)9-13/h4-8,11,13-15,20H,9-10,12H2,1-3H3,(H,21,22). The third-order valence-corrected chi connectivity index (χ3v) is 4.49. The molecular weight excluding hydrogens is 288 g/mol. The van der Waals surface area contributed by atoms with E-state index >= 15 is 0 Å². The lowest BCUT2D eigenvalue weighted by molar-refractivity contribution is 0.0636. The Balaban J connectivity index is 1.53. The van der Waals surface area contributed by atoms with Gasteiger partial charge in [-0.1, -0.05) is 18.2 Å². The number of fused-ring (bicyclic) bond motifs is 2. The number of carbonyl (C=O) groups excluding carboxylic acids is 1. The van der Waals surface area contributed by atoms with Crippen LogP contribution in [-0.2, 0) is 4.74 Å². The maximum atomic E-state index is 11.8. The van der Waals surface area contributed by atoms with Crippen LogP contribution in [0.1, 0.15) is 33.6 Å². The number of hydrogen-bond donors (Lipinski definition) is 2. The van der Waals surface area contributed by atoms with E-state index in [1.165, 1.54) is 12.8 Å². The highest BCUT2D eigenvalue weighted by Gasteiger charge is 2.35. The third-order valence-electron chi connectivity index (χ3n) is 4.49. The van der Waals surface area contributed by atoms with Crippen LogP contribution >= 0.6 is 0 Å². The van der Waals surface area contributed by atoms with Crippen molar-refractivity contribution >= 4 is 17.5 Å². The second kappa shape index (κ2) is 6.26. The average molecular weight is 314 g/mol. The molecule has 3 unspecified atom stereocenters. The van der Waals surface area contributed by atoms with Crippen LogP contribution in [0.5, 0.6) is 0 Å². The quantitative estimate of drug-likeness (QED) is 0.795. The van der Waals surface area contributed by atoms with Gasteiger partial charge in [0.15, 0.2) is 0 Å². The first-order valence-corrected chi connectivity index (χ1v) is 8.41. The summed E-state index contributed by atoms with van der Waals surface area (Å²) in [5, 5.41) is 6.29. The molecule has 2 aliphatic rings. The van der Waals surface area contributed by atoms with Crippen LogP contribution in [0.25, 0.3) is 0 Å². The van der Waals surface area contributed by atoms with E-state index in [0.717, 1.165) is 35.7 Å². The molecule has 2 bridgehead atoms. The smallest absolute Gasteiger partial charge is 0.412 e. The van der Waals surface area contributed by atoms with E-state index in [1.807, 2.05) is 45.0 Å². The van der Waals surface area contributed by atoms with Crippen LogP contribution in [0.4, 0.5) is 16.2 Å². The van der Waals surface area contributed by atoms with E-state index in [9.17, 15) is 4.79 Å². The molecule has 1 fully saturated rings. The van der Waals surface area contributed by atoms with Crippen LogP contribution in [0.15, 0.2) is 36.4 Å². The number of ether oxygens (including phenoxy) is 1. The highest BCUT2D eigenvalue weighted by atomic mass is 16.6. The summed E-state index contributed by atoms with van der Waals surface area (Å²) in [6, 6.07) is 7.79. The Kier molecular flexibility index (Phi) is 4.33. The zero-order valence-corrected chi connectivity index (χ0v) is 14.1. The Bertz CT molecular complexity index is 604. The Labute approximate surface area is 138 Å². The van der Waals surface area contributed by atoms with E-state index in [1.54, 1.807) is 0 Å². The summed E-state index contributed by atoms with van der Waals surface area (Å²) < 4.78 is 5.28. The van der Waals surface area contributed by atoms with Gasteiger partial charge in [0.2, 0.25) is 0 Å². The minimum Gasteiger partial charge on any atom is -0.444 e. The fourth-order valence-corrected chi connectivity index (χ4v) is 3.51. The molecule has 1 amide bonds. The molecule has 1 aromatic carbocycles. The second-order valence-electron chi connectivity index (χ2n) is 7.63. The normalized spacial score (nSPS) is 25.4. The lowest BCUT2D eigenvalue weighted by Crippen LogP contribution is -2.27. The van der Waals surface area contributed by atoms with Gasteiger partial charge in [0.1, 0.15) is 5.60 Å². The first-order valence-electron chi connectivity index (χ1n) is 8.41. The minimum atomic E-state index is -0.491. The van der Waals surface area contributed by atoms with Crippen LogP contribution < -0.4 is 10.6 Å². The number of carbonyl (C=O) groups is 1. The van der Waals surface area contributed by atoms with Gasteiger partial charge < -0.3 is 10.1 Å². The fraction of sp³-hybridized carbons (Fsp3) is 0.526. The molecule has 124 valence electrons. The minimum absolute atomic E-state index is 0.423. The molecule has 0 spiro atoms. The molecule has 0 aliphatic heterocycles.